The van der Waals surface area contributed by atoms with Crippen LogP contribution in [0.15, 0.2) is 87.2 Å². The van der Waals surface area contributed by atoms with Crippen molar-refractivity contribution in [1.82, 2.24) is 5.32 Å². The van der Waals surface area contributed by atoms with E-state index >= 15 is 0 Å². The van der Waals surface area contributed by atoms with Crippen LogP contribution in [0.2, 0.25) is 0 Å². The molecular weight excluding hydrogens is 346 g/mol. The van der Waals surface area contributed by atoms with Crippen molar-refractivity contribution < 1.29 is 4.42 Å². The molecule has 3 aromatic carbocycles. The van der Waals surface area contributed by atoms with E-state index in [9.17, 15) is 0 Å². The smallest absolute Gasteiger partial charge is 0.222 e. The maximum atomic E-state index is 6.19. The summed E-state index contributed by atoms with van der Waals surface area (Å²) < 4.78 is 5.98. The summed E-state index contributed by atoms with van der Waals surface area (Å²) in [6, 6.07) is 24.0. The molecule has 0 radical (unpaired) electrons. The molecule has 0 saturated heterocycles. The molecule has 26 heavy (non-hydrogen) atoms. The molecule has 5 rings (SSSR count). The summed E-state index contributed by atoms with van der Waals surface area (Å²) in [4.78, 5) is 8.75. The fourth-order valence-corrected chi connectivity index (χ4v) is 3.42. The van der Waals surface area contributed by atoms with Crippen LogP contribution in [0.3, 0.4) is 0 Å². The Morgan fingerprint density at radius 2 is 1.62 bits per heavy atom. The largest absolute Gasteiger partial charge is 0.456 e. The van der Waals surface area contributed by atoms with Crippen LogP contribution < -0.4 is 5.32 Å². The molecule has 126 valence electrons. The van der Waals surface area contributed by atoms with Crippen LogP contribution in [0.25, 0.3) is 21.9 Å². The quantitative estimate of drug-likeness (QED) is 0.498. The number of nitrogens with zero attached hydrogens (tertiary/aromatic N) is 2. The molecule has 0 saturated carbocycles. The van der Waals surface area contributed by atoms with Gasteiger partial charge in [-0.2, -0.15) is 0 Å². The fraction of sp³-hybridized carbons (Fsp3) is 0.0476. The van der Waals surface area contributed by atoms with Crippen molar-refractivity contribution in [2.45, 2.75) is 6.17 Å². The highest BCUT2D eigenvalue weighted by Gasteiger charge is 2.20. The predicted molar refractivity (Wildman–Crippen MR) is 106 cm³/mol. The number of hydrogen-bond donors (Lipinski definition) is 1. The molecule has 0 amide bonds. The van der Waals surface area contributed by atoms with E-state index in [0.29, 0.717) is 5.84 Å². The lowest BCUT2D eigenvalue weighted by molar-refractivity contribution is 0.656. The second-order valence-corrected chi connectivity index (χ2v) is 6.46. The molecule has 2 heterocycles. The summed E-state index contributed by atoms with van der Waals surface area (Å²) in [7, 11) is 0. The van der Waals surface area contributed by atoms with Crippen LogP contribution in [0.4, 0.5) is 0 Å². The Hall–Kier alpha value is -3.11. The third-order valence-electron chi connectivity index (χ3n) is 4.48. The van der Waals surface area contributed by atoms with Gasteiger partial charge in [0.2, 0.25) is 5.29 Å². The first kappa shape index (κ1) is 15.2. The van der Waals surface area contributed by atoms with Crippen molar-refractivity contribution in [1.29, 1.82) is 0 Å². The van der Waals surface area contributed by atoms with Crippen molar-refractivity contribution in [3.63, 3.8) is 0 Å². The minimum Gasteiger partial charge on any atom is -0.456 e. The monoisotopic (exact) mass is 359 g/mol. The van der Waals surface area contributed by atoms with Gasteiger partial charge in [0.1, 0.15) is 23.2 Å². The topological polar surface area (TPSA) is 49.9 Å². The van der Waals surface area contributed by atoms with E-state index in [1.54, 1.807) is 0 Å². The molecule has 4 aromatic rings. The zero-order chi connectivity index (χ0) is 17.5. The van der Waals surface area contributed by atoms with Crippen LogP contribution in [-0.2, 0) is 0 Å². The zero-order valence-corrected chi connectivity index (χ0v) is 14.4. The van der Waals surface area contributed by atoms with Gasteiger partial charge in [0.05, 0.1) is 0 Å². The van der Waals surface area contributed by atoms with Gasteiger partial charge in [0.15, 0.2) is 0 Å². The van der Waals surface area contributed by atoms with Crippen molar-refractivity contribution in [2.24, 2.45) is 9.98 Å². The van der Waals surface area contributed by atoms with Gasteiger partial charge < -0.3 is 9.73 Å². The van der Waals surface area contributed by atoms with Crippen molar-refractivity contribution in [3.05, 3.63) is 83.9 Å². The Labute approximate surface area is 154 Å². The molecule has 1 N–H and O–H groups in total. The summed E-state index contributed by atoms with van der Waals surface area (Å²) in [5, 5.41) is 5.78. The number of furan rings is 1. The van der Waals surface area contributed by atoms with Gasteiger partial charge in [-0.25, -0.2) is 9.98 Å². The number of para-hydroxylation sites is 1. The van der Waals surface area contributed by atoms with E-state index in [-0.39, 0.29) is 11.5 Å². The van der Waals surface area contributed by atoms with Gasteiger partial charge >= 0.3 is 0 Å². The molecule has 0 fully saturated rings. The third kappa shape index (κ3) is 2.55. The lowest BCUT2D eigenvalue weighted by Gasteiger charge is -2.21. The number of benzene rings is 3. The van der Waals surface area contributed by atoms with Crippen molar-refractivity contribution >= 4 is 44.7 Å². The summed E-state index contributed by atoms with van der Waals surface area (Å²) in [6.45, 7) is 0. The number of hydrogen-bond acceptors (Lipinski definition) is 4. The Bertz CT molecular complexity index is 1180. The molecule has 5 heteroatoms. The minimum atomic E-state index is -0.312. The van der Waals surface area contributed by atoms with E-state index in [2.05, 4.69) is 27.4 Å². The third-order valence-corrected chi connectivity index (χ3v) is 4.66. The highest BCUT2D eigenvalue weighted by atomic mass is 35.5. The number of nitrogens with one attached hydrogen (secondary N) is 1. The molecule has 0 aliphatic carbocycles. The first-order chi connectivity index (χ1) is 12.8. The maximum absolute atomic E-state index is 6.19. The van der Waals surface area contributed by atoms with Crippen LogP contribution in [0.1, 0.15) is 17.3 Å². The average Bonchev–Trinajstić information content (AvgIpc) is 3.06. The SMILES string of the molecule is ClC1=NC(c2ccc3c(c2)oc2ccccc23)NC(c2ccccc2)=N1. The highest BCUT2D eigenvalue weighted by molar-refractivity contribution is 6.66. The number of fused-ring (bicyclic) bond motifs is 3. The van der Waals surface area contributed by atoms with Crippen LogP contribution >= 0.6 is 11.6 Å². The normalized spacial score (nSPS) is 17.0. The van der Waals surface area contributed by atoms with Gasteiger partial charge in [-0.15, -0.1) is 0 Å². The summed E-state index contributed by atoms with van der Waals surface area (Å²) in [5.41, 5.74) is 3.65. The maximum Gasteiger partial charge on any atom is 0.222 e. The first-order valence-electron chi connectivity index (χ1n) is 8.33. The van der Waals surface area contributed by atoms with Gasteiger partial charge in [0, 0.05) is 21.9 Å². The minimum absolute atomic E-state index is 0.234. The van der Waals surface area contributed by atoms with Gasteiger partial charge in [0.25, 0.3) is 0 Å². The number of rotatable bonds is 2. The molecule has 1 aliphatic rings. The van der Waals surface area contributed by atoms with Gasteiger partial charge in [-0.3, -0.25) is 0 Å². The molecule has 1 unspecified atom stereocenters. The molecule has 0 bridgehead atoms. The van der Waals surface area contributed by atoms with Crippen LogP contribution in [-0.4, -0.2) is 11.1 Å². The Balaban J connectivity index is 1.55. The standard InChI is InChI=1S/C21H14ClN3O/c22-21-24-19(13-6-2-1-3-7-13)23-20(25-21)14-10-11-16-15-8-4-5-9-17(15)26-18(16)12-14/h1-12,20H,(H,23,24,25). The van der Waals surface area contributed by atoms with Crippen LogP contribution in [0, 0.1) is 0 Å². The van der Waals surface area contributed by atoms with Crippen molar-refractivity contribution in [3.8, 4) is 0 Å². The Morgan fingerprint density at radius 3 is 2.50 bits per heavy atom. The van der Waals surface area contributed by atoms with Gasteiger partial charge in [-0.1, -0.05) is 60.7 Å². The van der Waals surface area contributed by atoms with E-state index < -0.39 is 0 Å². The Kier molecular flexibility index (Phi) is 3.50. The summed E-state index contributed by atoms with van der Waals surface area (Å²) in [5.74, 6) is 0.709. The summed E-state index contributed by atoms with van der Waals surface area (Å²) in [6.07, 6.45) is -0.312. The average molecular weight is 360 g/mol. The molecule has 1 aromatic heterocycles. The number of halogens is 1. The number of aliphatic imine (C=N–C) groups is 2. The second kappa shape index (κ2) is 6.00. The van der Waals surface area contributed by atoms with Crippen molar-refractivity contribution in [2.75, 3.05) is 0 Å². The molecule has 1 atom stereocenters. The van der Waals surface area contributed by atoms with E-state index in [1.165, 1.54) is 0 Å². The Morgan fingerprint density at radius 1 is 0.846 bits per heavy atom. The first-order valence-corrected chi connectivity index (χ1v) is 8.71. The fourth-order valence-electron chi connectivity index (χ4n) is 3.24. The predicted octanol–water partition coefficient (Wildman–Crippen LogP) is 5.23. The zero-order valence-electron chi connectivity index (χ0n) is 13.7. The number of amidine groups is 2. The summed E-state index contributed by atoms with van der Waals surface area (Å²) >= 11 is 6.19. The van der Waals surface area contributed by atoms with E-state index in [4.69, 9.17) is 16.0 Å². The molecule has 0 spiro atoms. The highest BCUT2D eigenvalue weighted by Crippen LogP contribution is 2.31. The van der Waals surface area contributed by atoms with Crippen LogP contribution in [0.5, 0.6) is 0 Å². The van der Waals surface area contributed by atoms with E-state index in [1.807, 2.05) is 60.7 Å². The lowest BCUT2D eigenvalue weighted by Crippen LogP contribution is -2.32. The molecule has 1 aliphatic heterocycles. The second-order valence-electron chi connectivity index (χ2n) is 6.13. The lowest BCUT2D eigenvalue weighted by atomic mass is 10.1. The van der Waals surface area contributed by atoms with E-state index in [0.717, 1.165) is 33.1 Å². The molecular formula is C21H14ClN3O. The molecule has 4 nitrogen and oxygen atoms in total. The van der Waals surface area contributed by atoms with Gasteiger partial charge in [-0.05, 0) is 23.7 Å².